The van der Waals surface area contributed by atoms with E-state index in [4.69, 9.17) is 0 Å². The van der Waals surface area contributed by atoms with Crippen molar-refractivity contribution in [3.63, 3.8) is 0 Å². The molecule has 0 radical (unpaired) electrons. The van der Waals surface area contributed by atoms with Crippen molar-refractivity contribution in [2.45, 2.75) is 51.6 Å². The zero-order valence-electron chi connectivity index (χ0n) is 11.4. The SMILES string of the molecule is CCCCC(C(=O)O)N1CCCN(C)CC1C. The summed E-state index contributed by atoms with van der Waals surface area (Å²) < 4.78 is 0. The first-order valence-electron chi connectivity index (χ1n) is 6.73. The molecule has 100 valence electrons. The van der Waals surface area contributed by atoms with Gasteiger partial charge >= 0.3 is 5.97 Å². The number of carboxylic acids is 1. The fraction of sp³-hybridized carbons (Fsp3) is 0.923. The highest BCUT2D eigenvalue weighted by molar-refractivity contribution is 5.73. The van der Waals surface area contributed by atoms with Crippen LogP contribution in [-0.4, -0.2) is 59.6 Å². The van der Waals surface area contributed by atoms with Crippen molar-refractivity contribution >= 4 is 5.97 Å². The maximum Gasteiger partial charge on any atom is 0.320 e. The number of hydrogen-bond acceptors (Lipinski definition) is 3. The largest absolute Gasteiger partial charge is 0.480 e. The zero-order chi connectivity index (χ0) is 12.8. The van der Waals surface area contributed by atoms with Crippen LogP contribution >= 0.6 is 0 Å². The van der Waals surface area contributed by atoms with E-state index in [1.54, 1.807) is 0 Å². The monoisotopic (exact) mass is 242 g/mol. The van der Waals surface area contributed by atoms with Gasteiger partial charge in [0, 0.05) is 19.1 Å². The van der Waals surface area contributed by atoms with Crippen molar-refractivity contribution in [3.05, 3.63) is 0 Å². The van der Waals surface area contributed by atoms with E-state index in [0.717, 1.165) is 45.3 Å². The van der Waals surface area contributed by atoms with Gasteiger partial charge < -0.3 is 10.0 Å². The van der Waals surface area contributed by atoms with Gasteiger partial charge in [-0.25, -0.2) is 0 Å². The first-order chi connectivity index (χ1) is 8.06. The maximum atomic E-state index is 11.4. The molecule has 1 aliphatic rings. The third-order valence-corrected chi connectivity index (χ3v) is 3.61. The molecule has 0 amide bonds. The van der Waals surface area contributed by atoms with Crippen LogP contribution in [0.5, 0.6) is 0 Å². The third kappa shape index (κ3) is 4.28. The predicted octanol–water partition coefficient (Wildman–Crippen LogP) is 1.66. The molecule has 1 rings (SSSR count). The normalized spacial score (nSPS) is 25.5. The Morgan fingerprint density at radius 3 is 2.76 bits per heavy atom. The number of nitrogens with zero attached hydrogens (tertiary/aromatic N) is 2. The summed E-state index contributed by atoms with van der Waals surface area (Å²) in [5, 5.41) is 9.37. The van der Waals surface area contributed by atoms with Gasteiger partial charge in [0.15, 0.2) is 0 Å². The van der Waals surface area contributed by atoms with Gasteiger partial charge in [-0.05, 0) is 33.4 Å². The average molecular weight is 242 g/mol. The summed E-state index contributed by atoms with van der Waals surface area (Å²) >= 11 is 0. The Morgan fingerprint density at radius 1 is 1.47 bits per heavy atom. The highest BCUT2D eigenvalue weighted by Crippen LogP contribution is 2.17. The van der Waals surface area contributed by atoms with E-state index in [2.05, 4.69) is 30.7 Å². The summed E-state index contributed by atoms with van der Waals surface area (Å²) in [5.41, 5.74) is 0. The van der Waals surface area contributed by atoms with E-state index >= 15 is 0 Å². The Bertz CT molecular complexity index is 246. The lowest BCUT2D eigenvalue weighted by Gasteiger charge is -2.33. The highest BCUT2D eigenvalue weighted by Gasteiger charge is 2.30. The molecule has 0 bridgehead atoms. The van der Waals surface area contributed by atoms with Crippen LogP contribution in [0.25, 0.3) is 0 Å². The van der Waals surface area contributed by atoms with Crippen LogP contribution in [0.3, 0.4) is 0 Å². The van der Waals surface area contributed by atoms with E-state index in [9.17, 15) is 9.90 Å². The molecule has 4 nitrogen and oxygen atoms in total. The Labute approximate surface area is 105 Å². The Hall–Kier alpha value is -0.610. The number of carboxylic acid groups (broad SMARTS) is 1. The molecule has 2 atom stereocenters. The summed E-state index contributed by atoms with van der Waals surface area (Å²) in [6.45, 7) is 7.20. The molecule has 1 heterocycles. The molecule has 2 unspecified atom stereocenters. The molecule has 0 aromatic heterocycles. The van der Waals surface area contributed by atoms with Gasteiger partial charge in [0.1, 0.15) is 6.04 Å². The molecule has 17 heavy (non-hydrogen) atoms. The van der Waals surface area contributed by atoms with Crippen LogP contribution in [0.15, 0.2) is 0 Å². The molecule has 0 aliphatic carbocycles. The highest BCUT2D eigenvalue weighted by atomic mass is 16.4. The summed E-state index contributed by atoms with van der Waals surface area (Å²) in [6.07, 6.45) is 3.90. The van der Waals surface area contributed by atoms with Crippen LogP contribution in [-0.2, 0) is 4.79 Å². The smallest absolute Gasteiger partial charge is 0.320 e. The van der Waals surface area contributed by atoms with Crippen LogP contribution in [0, 0.1) is 0 Å². The molecule has 4 heteroatoms. The standard InChI is InChI=1S/C13H26N2O2/c1-4-5-7-12(13(16)17)15-9-6-8-14(3)10-11(15)2/h11-12H,4-10H2,1-3H3,(H,16,17). The van der Waals surface area contributed by atoms with E-state index in [1.807, 2.05) is 0 Å². The van der Waals surface area contributed by atoms with Crippen LogP contribution in [0.2, 0.25) is 0 Å². The molecule has 1 fully saturated rings. The quantitative estimate of drug-likeness (QED) is 0.796. The fourth-order valence-electron chi connectivity index (χ4n) is 2.68. The molecule has 0 spiro atoms. The molecular formula is C13H26N2O2. The van der Waals surface area contributed by atoms with Gasteiger partial charge in [0.05, 0.1) is 0 Å². The number of likely N-dealkylation sites (N-methyl/N-ethyl adjacent to an activating group) is 1. The van der Waals surface area contributed by atoms with Crippen molar-refractivity contribution in [1.29, 1.82) is 0 Å². The van der Waals surface area contributed by atoms with E-state index in [0.29, 0.717) is 6.04 Å². The topological polar surface area (TPSA) is 43.8 Å². The van der Waals surface area contributed by atoms with Crippen LogP contribution < -0.4 is 0 Å². The summed E-state index contributed by atoms with van der Waals surface area (Å²) in [6, 6.07) is 0.0388. The van der Waals surface area contributed by atoms with Crippen molar-refractivity contribution in [2.24, 2.45) is 0 Å². The Morgan fingerprint density at radius 2 is 2.18 bits per heavy atom. The number of rotatable bonds is 5. The summed E-state index contributed by atoms with van der Waals surface area (Å²) in [4.78, 5) is 15.9. The lowest BCUT2D eigenvalue weighted by Crippen LogP contribution is -2.48. The minimum Gasteiger partial charge on any atom is -0.480 e. The molecule has 0 aromatic carbocycles. The number of carbonyl (C=O) groups is 1. The molecule has 1 N–H and O–H groups in total. The van der Waals surface area contributed by atoms with Crippen molar-refractivity contribution < 1.29 is 9.90 Å². The Balaban J connectivity index is 2.67. The molecule has 0 saturated carbocycles. The lowest BCUT2D eigenvalue weighted by atomic mass is 10.1. The second kappa shape index (κ2) is 6.97. The van der Waals surface area contributed by atoms with Gasteiger partial charge in [-0.15, -0.1) is 0 Å². The first-order valence-corrected chi connectivity index (χ1v) is 6.73. The summed E-state index contributed by atoms with van der Waals surface area (Å²) in [7, 11) is 2.11. The van der Waals surface area contributed by atoms with Gasteiger partial charge in [-0.3, -0.25) is 9.69 Å². The van der Waals surface area contributed by atoms with E-state index < -0.39 is 5.97 Å². The second-order valence-electron chi connectivity index (χ2n) is 5.20. The van der Waals surface area contributed by atoms with E-state index in [-0.39, 0.29) is 6.04 Å². The van der Waals surface area contributed by atoms with E-state index in [1.165, 1.54) is 0 Å². The number of unbranched alkanes of at least 4 members (excludes halogenated alkanes) is 1. The molecular weight excluding hydrogens is 216 g/mol. The van der Waals surface area contributed by atoms with Gasteiger partial charge in [0.25, 0.3) is 0 Å². The van der Waals surface area contributed by atoms with Crippen molar-refractivity contribution in [3.8, 4) is 0 Å². The zero-order valence-corrected chi connectivity index (χ0v) is 11.4. The number of aliphatic carboxylic acids is 1. The lowest BCUT2D eigenvalue weighted by molar-refractivity contribution is -0.144. The maximum absolute atomic E-state index is 11.4. The van der Waals surface area contributed by atoms with Gasteiger partial charge in [-0.1, -0.05) is 19.8 Å². The molecule has 1 saturated heterocycles. The Kier molecular flexibility index (Phi) is 5.92. The van der Waals surface area contributed by atoms with Gasteiger partial charge in [0.2, 0.25) is 0 Å². The minimum absolute atomic E-state index is 0.295. The summed E-state index contributed by atoms with van der Waals surface area (Å²) in [5.74, 6) is -0.658. The van der Waals surface area contributed by atoms with Gasteiger partial charge in [-0.2, -0.15) is 0 Å². The second-order valence-corrected chi connectivity index (χ2v) is 5.20. The van der Waals surface area contributed by atoms with Crippen molar-refractivity contribution in [2.75, 3.05) is 26.7 Å². The number of hydrogen-bond donors (Lipinski definition) is 1. The van der Waals surface area contributed by atoms with Crippen LogP contribution in [0.4, 0.5) is 0 Å². The fourth-order valence-corrected chi connectivity index (χ4v) is 2.68. The third-order valence-electron chi connectivity index (χ3n) is 3.61. The minimum atomic E-state index is -0.658. The molecule has 1 aliphatic heterocycles. The molecule has 0 aromatic rings. The first kappa shape index (κ1) is 14.5. The van der Waals surface area contributed by atoms with Crippen molar-refractivity contribution in [1.82, 2.24) is 9.80 Å². The van der Waals surface area contributed by atoms with Crippen LogP contribution in [0.1, 0.15) is 39.5 Å². The average Bonchev–Trinajstić information content (AvgIpc) is 2.41. The predicted molar refractivity (Wildman–Crippen MR) is 69.2 cm³/mol.